The molecule has 3 aromatic carbocycles. The van der Waals surface area contributed by atoms with Crippen molar-refractivity contribution >= 4 is 93.9 Å². The molecule has 9 heterocycles. The summed E-state index contributed by atoms with van der Waals surface area (Å²) >= 11 is 0. The number of hydrogen-bond donors (Lipinski definition) is 7. The largest absolute Gasteiger partial charge is 0.444 e. The monoisotopic (exact) mass is 1610 g/mol. The van der Waals surface area contributed by atoms with Crippen molar-refractivity contribution in [1.82, 2.24) is 74.4 Å². The normalized spacial score (nSPS) is 19.2. The van der Waals surface area contributed by atoms with Crippen LogP contribution in [0, 0.1) is 0 Å². The number of urea groups is 3. The molecule has 632 valence electrons. The van der Waals surface area contributed by atoms with Crippen LogP contribution < -0.4 is 53.2 Å². The van der Waals surface area contributed by atoms with Crippen LogP contribution in [0.4, 0.5) is 71.1 Å². The highest BCUT2D eigenvalue weighted by molar-refractivity contribution is 5.98. The van der Waals surface area contributed by atoms with Crippen LogP contribution in [0.15, 0.2) is 91.4 Å². The van der Waals surface area contributed by atoms with E-state index in [1.807, 2.05) is 66.2 Å². The number of ether oxygens (including phenoxy) is 1. The van der Waals surface area contributed by atoms with Crippen LogP contribution in [0.5, 0.6) is 0 Å². The summed E-state index contributed by atoms with van der Waals surface area (Å²) in [5.41, 5.74) is 22.9. The zero-order valence-corrected chi connectivity index (χ0v) is 70.6. The number of anilines is 9. The molecule has 117 heavy (non-hydrogen) atoms. The minimum Gasteiger partial charge on any atom is -0.444 e. The third-order valence-electron chi connectivity index (χ3n) is 23.6. The molecule has 0 bridgehead atoms. The number of nitrogens with two attached hydrogens (primary N) is 3. The highest BCUT2D eigenvalue weighted by atomic mass is 16.6. The van der Waals surface area contributed by atoms with E-state index in [0.717, 1.165) is 120 Å². The van der Waals surface area contributed by atoms with Gasteiger partial charge in [-0.3, -0.25) is 14.4 Å². The number of amides is 10. The number of carbonyl (C=O) groups is 7. The second-order valence-corrected chi connectivity index (χ2v) is 33.7. The van der Waals surface area contributed by atoms with Crippen molar-refractivity contribution in [3.63, 3.8) is 0 Å². The van der Waals surface area contributed by atoms with Crippen molar-refractivity contribution in [2.45, 2.75) is 171 Å². The Bertz CT molecular complexity index is 4350. The smallest absolute Gasteiger partial charge is 0.410 e. The number of nitrogens with one attached hydrogen (secondary N) is 4. The van der Waals surface area contributed by atoms with Gasteiger partial charge in [0.15, 0.2) is 34.5 Å². The van der Waals surface area contributed by atoms with Crippen LogP contribution in [0.1, 0.15) is 189 Å². The Morgan fingerprint density at radius 3 is 1.02 bits per heavy atom. The zero-order valence-electron chi connectivity index (χ0n) is 70.6. The second kappa shape index (κ2) is 39.8. The molecule has 6 saturated heterocycles. The molecular weight excluding hydrogens is 1490 g/mol. The lowest BCUT2D eigenvalue weighted by atomic mass is 9.88. The average Bonchev–Trinajstić information content (AvgIpc) is 0.891. The summed E-state index contributed by atoms with van der Waals surface area (Å²) in [6.45, 7) is 15.7. The van der Waals surface area contributed by atoms with Crippen molar-refractivity contribution in [3.05, 3.63) is 125 Å². The van der Waals surface area contributed by atoms with Gasteiger partial charge in [-0.1, -0.05) is 49.2 Å². The Labute approximate surface area is 689 Å². The maximum Gasteiger partial charge on any atom is 0.410 e. The van der Waals surface area contributed by atoms with Crippen molar-refractivity contribution < 1.29 is 38.3 Å². The third kappa shape index (κ3) is 23.1. The second-order valence-electron chi connectivity index (χ2n) is 33.7. The van der Waals surface area contributed by atoms with E-state index in [1.165, 1.54) is 68.3 Å². The van der Waals surface area contributed by atoms with Gasteiger partial charge in [0.1, 0.15) is 23.1 Å². The fraction of sp³-hybridized carbons (Fsp3) is 0.565. The Morgan fingerprint density at radius 2 is 0.718 bits per heavy atom. The van der Waals surface area contributed by atoms with Gasteiger partial charge in [-0.2, -0.15) is 0 Å². The van der Waals surface area contributed by atoms with Gasteiger partial charge in [0.05, 0.1) is 36.7 Å². The molecule has 7 fully saturated rings. The molecule has 10 N–H and O–H groups in total. The van der Waals surface area contributed by atoms with Gasteiger partial charge in [0.25, 0.3) is 17.7 Å². The topological polar surface area (TPSA) is 368 Å². The molecule has 6 aromatic rings. The molecule has 1 saturated carbocycles. The number of piperidine rings is 6. The molecular formula is C85H124N24O8. The van der Waals surface area contributed by atoms with E-state index in [9.17, 15) is 33.6 Å². The summed E-state index contributed by atoms with van der Waals surface area (Å²) in [6, 6.07) is 25.7. The minimum absolute atomic E-state index is 0.0211. The van der Waals surface area contributed by atoms with Gasteiger partial charge in [-0.05, 0) is 208 Å². The van der Waals surface area contributed by atoms with E-state index in [1.54, 1.807) is 95.2 Å². The van der Waals surface area contributed by atoms with Crippen LogP contribution in [0.3, 0.4) is 0 Å². The number of rotatable bonds is 19. The summed E-state index contributed by atoms with van der Waals surface area (Å²) in [7, 11) is 16.0. The summed E-state index contributed by atoms with van der Waals surface area (Å²) in [6.07, 6.45) is 21.9. The Morgan fingerprint density at radius 1 is 0.410 bits per heavy atom. The van der Waals surface area contributed by atoms with Crippen LogP contribution in [0.2, 0.25) is 0 Å². The number of likely N-dealkylation sites (N-methyl/N-ethyl adjacent to an activating group) is 3. The molecule has 0 unspecified atom stereocenters. The van der Waals surface area contributed by atoms with E-state index in [4.69, 9.17) is 36.9 Å². The Kier molecular flexibility index (Phi) is 29.6. The van der Waals surface area contributed by atoms with Gasteiger partial charge >= 0.3 is 24.2 Å². The Hall–Kier alpha value is -10.9. The first-order chi connectivity index (χ1) is 55.9. The number of benzene rings is 3. The first-order valence-electron chi connectivity index (χ1n) is 41.6. The lowest BCUT2D eigenvalue weighted by Gasteiger charge is -2.39. The molecule has 3 aromatic heterocycles. The van der Waals surface area contributed by atoms with E-state index >= 15 is 0 Å². The van der Waals surface area contributed by atoms with Gasteiger partial charge in [0, 0.05) is 139 Å². The molecule has 32 nitrogen and oxygen atoms in total. The molecule has 0 spiro atoms. The summed E-state index contributed by atoms with van der Waals surface area (Å²) < 4.78 is 5.51. The predicted molar refractivity (Wildman–Crippen MR) is 457 cm³/mol. The van der Waals surface area contributed by atoms with Gasteiger partial charge in [-0.15, -0.1) is 0 Å². The van der Waals surface area contributed by atoms with E-state index in [0.29, 0.717) is 85.4 Å². The number of aromatic nitrogens is 6. The number of carbonyl (C=O) groups excluding carboxylic acids is 7. The maximum absolute atomic E-state index is 12.5. The SMILES string of the molecule is CN(C)C(=O)N(C)[C@@H]1CCCN(c2cnc(C(N)=O)c(Nc3ccc(C4CCN(C(=O)OC(C)(C)C)CC4)cc3)n2)C1.CN(C)C(=O)N(C)[C@@H]1CCCN(c2cnc(C(N)=O)c(Nc3ccc(C4CCN(C5CCCC5)CC4)cc3)n2)C1.CN(C)C(=O)N(C)[C@@H]1CCCN(c2cnc(C(N)=O)c(Nc3ccc(C4CCNCC4)cc3)n2)C1. The number of likely N-dealkylation sites (tertiary alicyclic amines) is 2. The fourth-order valence-electron chi connectivity index (χ4n) is 16.9. The first kappa shape index (κ1) is 87.0. The molecule has 32 heteroatoms. The molecule has 10 amide bonds. The standard InChI is InChI=1S/C30H44N8O4.C30H44N8O2.C25H36N8O2/c1-30(2,3)42-29(41)37-16-13-21(14-17-37)20-9-11-22(12-10-20)33-27-25(26(31)39)32-18-24(34-27)38-15-7-8-23(19-38)36(6)28(40)35(4)5;1-35(2)30(40)36(3)25-9-6-16-38(20-25)26-19-32-27(28(31)39)29(34-26)33-23-12-10-21(11-13-23)22-14-17-37(18-15-22)24-7-4-5-8-24;1-31(2)25(35)32(3)20-5-4-14-33(16-20)21-15-28-22(23(26)34)24(30-21)29-19-8-6-17(7-9-19)18-10-12-27-13-11-18/h9-12,18,21,23H,7-8,13-17,19H2,1-6H3,(H2,31,39)(H,33,34);10-13,19,22,24-25H,4-9,14-18,20H2,1-3H3,(H2,31,39)(H,33,34);6-9,15,18,20,27H,4-5,10-14,16H2,1-3H3,(H2,26,34)(H,29,30)/t23-;25-;20-/m111/s1. The lowest BCUT2D eigenvalue weighted by molar-refractivity contribution is 0.0204. The highest BCUT2D eigenvalue weighted by Gasteiger charge is 2.35. The fourth-order valence-corrected chi connectivity index (χ4v) is 16.9. The summed E-state index contributed by atoms with van der Waals surface area (Å²) in [5.74, 6) is 2.47. The molecule has 0 radical (unpaired) electrons. The van der Waals surface area contributed by atoms with E-state index in [-0.39, 0.29) is 59.4 Å². The predicted octanol–water partition coefficient (Wildman–Crippen LogP) is 10.4. The number of nitrogens with zero attached hydrogens (tertiary/aromatic N) is 17. The quantitative estimate of drug-likeness (QED) is 0.0396. The molecule has 13 rings (SSSR count). The van der Waals surface area contributed by atoms with Crippen molar-refractivity contribution in [2.75, 3.05) is 173 Å². The van der Waals surface area contributed by atoms with Crippen LogP contribution in [0.25, 0.3) is 0 Å². The van der Waals surface area contributed by atoms with Gasteiger partial charge in [-0.25, -0.2) is 49.1 Å². The molecule has 6 aliphatic heterocycles. The van der Waals surface area contributed by atoms with Gasteiger partial charge < -0.3 is 97.1 Å². The zero-order chi connectivity index (χ0) is 83.8. The van der Waals surface area contributed by atoms with Crippen molar-refractivity contribution in [1.29, 1.82) is 0 Å². The van der Waals surface area contributed by atoms with Crippen molar-refractivity contribution in [2.24, 2.45) is 17.2 Å². The molecule has 3 atom stereocenters. The number of hydrogen-bond acceptors (Lipinski definition) is 22. The summed E-state index contributed by atoms with van der Waals surface area (Å²) in [4.78, 5) is 134. The molecule has 7 aliphatic rings. The highest BCUT2D eigenvalue weighted by Crippen LogP contribution is 2.37. The number of primary amides is 3. The van der Waals surface area contributed by atoms with E-state index in [2.05, 4.69) is 104 Å². The maximum atomic E-state index is 12.5. The van der Waals surface area contributed by atoms with E-state index < -0.39 is 23.3 Å². The van der Waals surface area contributed by atoms with Crippen LogP contribution in [-0.2, 0) is 4.74 Å². The molecule has 1 aliphatic carbocycles. The third-order valence-corrected chi connectivity index (χ3v) is 23.6. The lowest BCUT2D eigenvalue weighted by Crippen LogP contribution is -2.51. The summed E-state index contributed by atoms with van der Waals surface area (Å²) in [5, 5.41) is 13.2. The van der Waals surface area contributed by atoms with Crippen LogP contribution in [-0.4, -0.2) is 283 Å². The van der Waals surface area contributed by atoms with Gasteiger partial charge in [0.2, 0.25) is 0 Å². The Balaban J connectivity index is 0.000000173. The van der Waals surface area contributed by atoms with Crippen molar-refractivity contribution in [3.8, 4) is 0 Å². The minimum atomic E-state index is -0.669. The average molecular weight is 1610 g/mol. The van der Waals surface area contributed by atoms with Crippen LogP contribution >= 0.6 is 0 Å². The first-order valence-corrected chi connectivity index (χ1v) is 41.6.